The molecule has 0 aromatic heterocycles. The third kappa shape index (κ3) is 5.95. The number of rotatable bonds is 9. The molecule has 0 aromatic carbocycles. The highest BCUT2D eigenvalue weighted by Gasteiger charge is 2.35. The Morgan fingerprint density at radius 2 is 2.00 bits per heavy atom. The molecule has 2 N–H and O–H groups in total. The molecule has 1 aliphatic heterocycles. The van der Waals surface area contributed by atoms with Gasteiger partial charge in [-0.3, -0.25) is 4.79 Å². The molecule has 1 rings (SSSR count). The lowest BCUT2D eigenvalue weighted by atomic mass is 9.85. The number of hydrogen-bond acceptors (Lipinski definition) is 3. The average molecular weight is 298 g/mol. The van der Waals surface area contributed by atoms with Gasteiger partial charge in [0.05, 0.1) is 11.6 Å². The van der Waals surface area contributed by atoms with Crippen LogP contribution in [0.25, 0.3) is 0 Å². The van der Waals surface area contributed by atoms with E-state index in [0.717, 1.165) is 45.3 Å². The van der Waals surface area contributed by atoms with Gasteiger partial charge >= 0.3 is 0 Å². The van der Waals surface area contributed by atoms with Crippen LogP contribution in [0.1, 0.15) is 72.6 Å². The highest BCUT2D eigenvalue weighted by molar-refractivity contribution is 5.81. The van der Waals surface area contributed by atoms with Gasteiger partial charge in [0.25, 0.3) is 0 Å². The van der Waals surface area contributed by atoms with Crippen molar-refractivity contribution in [3.8, 4) is 0 Å². The Hall–Kier alpha value is -0.610. The van der Waals surface area contributed by atoms with Crippen LogP contribution in [0.15, 0.2) is 0 Å². The maximum Gasteiger partial charge on any atom is 0.236 e. The number of amides is 1. The van der Waals surface area contributed by atoms with Crippen molar-refractivity contribution in [1.29, 1.82) is 0 Å². The van der Waals surface area contributed by atoms with Crippen molar-refractivity contribution in [2.45, 2.75) is 90.3 Å². The summed E-state index contributed by atoms with van der Waals surface area (Å²) in [5, 5.41) is 6.51. The normalized spacial score (nSPS) is 22.8. The Morgan fingerprint density at radius 1 is 1.29 bits per heavy atom. The van der Waals surface area contributed by atoms with Gasteiger partial charge in [0.15, 0.2) is 0 Å². The summed E-state index contributed by atoms with van der Waals surface area (Å²) in [4.78, 5) is 12.1. The quantitative estimate of drug-likeness (QED) is 0.643. The summed E-state index contributed by atoms with van der Waals surface area (Å²) in [7, 11) is 0. The Labute approximate surface area is 130 Å². The molecule has 4 nitrogen and oxygen atoms in total. The van der Waals surface area contributed by atoms with Gasteiger partial charge in [0.2, 0.25) is 5.91 Å². The van der Waals surface area contributed by atoms with Crippen LogP contribution in [0.3, 0.4) is 0 Å². The summed E-state index contributed by atoms with van der Waals surface area (Å²) < 4.78 is 5.99. The maximum absolute atomic E-state index is 12.1. The van der Waals surface area contributed by atoms with Crippen molar-refractivity contribution in [2.24, 2.45) is 0 Å². The van der Waals surface area contributed by atoms with E-state index in [1.807, 2.05) is 6.92 Å². The number of ether oxygens (including phenoxy) is 1. The van der Waals surface area contributed by atoms with Crippen molar-refractivity contribution in [1.82, 2.24) is 10.6 Å². The van der Waals surface area contributed by atoms with Gasteiger partial charge in [-0.05, 0) is 39.0 Å². The zero-order valence-corrected chi connectivity index (χ0v) is 14.3. The second kappa shape index (κ2) is 9.42. The van der Waals surface area contributed by atoms with Crippen LogP contribution in [-0.4, -0.2) is 36.7 Å². The van der Waals surface area contributed by atoms with Crippen molar-refractivity contribution < 1.29 is 9.53 Å². The highest BCUT2D eigenvalue weighted by atomic mass is 16.5. The molecular weight excluding hydrogens is 264 g/mol. The molecule has 0 aliphatic carbocycles. The van der Waals surface area contributed by atoms with Gasteiger partial charge in [0, 0.05) is 19.2 Å². The third-order valence-corrected chi connectivity index (χ3v) is 4.74. The average Bonchev–Trinajstić information content (AvgIpc) is 2.51. The lowest BCUT2D eigenvalue weighted by Gasteiger charge is -2.41. The standard InChI is InChI=1S/C17H34N2O2/c1-5-8-9-11-18-16(20)14(4)19-15-10-12-21-17(6-2,7-3)13-15/h14-15,19H,5-13H2,1-4H3,(H,18,20). The van der Waals surface area contributed by atoms with Crippen molar-refractivity contribution >= 4 is 5.91 Å². The number of unbranched alkanes of at least 4 members (excludes halogenated alkanes) is 2. The van der Waals surface area contributed by atoms with Crippen LogP contribution >= 0.6 is 0 Å². The molecule has 1 aliphatic rings. The molecule has 1 saturated heterocycles. The van der Waals surface area contributed by atoms with E-state index in [1.165, 1.54) is 12.8 Å². The second-order valence-corrected chi connectivity index (χ2v) is 6.31. The monoisotopic (exact) mass is 298 g/mol. The molecule has 1 heterocycles. The molecular formula is C17H34N2O2. The first-order chi connectivity index (χ1) is 10.1. The first-order valence-corrected chi connectivity index (χ1v) is 8.74. The van der Waals surface area contributed by atoms with Crippen molar-refractivity contribution in [2.75, 3.05) is 13.2 Å². The largest absolute Gasteiger partial charge is 0.375 e. The Morgan fingerprint density at radius 3 is 2.62 bits per heavy atom. The van der Waals surface area contributed by atoms with Gasteiger partial charge in [-0.25, -0.2) is 0 Å². The van der Waals surface area contributed by atoms with Crippen LogP contribution in [-0.2, 0) is 9.53 Å². The molecule has 0 spiro atoms. The molecule has 0 aromatic rings. The first-order valence-electron chi connectivity index (χ1n) is 8.74. The fraction of sp³-hybridized carbons (Fsp3) is 0.941. The van der Waals surface area contributed by atoms with Gasteiger partial charge in [-0.15, -0.1) is 0 Å². The second-order valence-electron chi connectivity index (χ2n) is 6.31. The summed E-state index contributed by atoms with van der Waals surface area (Å²) >= 11 is 0. The third-order valence-electron chi connectivity index (χ3n) is 4.74. The molecule has 1 fully saturated rings. The van der Waals surface area contributed by atoms with Gasteiger partial charge in [-0.2, -0.15) is 0 Å². The number of carbonyl (C=O) groups excluding carboxylic acids is 1. The predicted molar refractivity (Wildman–Crippen MR) is 87.4 cm³/mol. The lowest BCUT2D eigenvalue weighted by Crippen LogP contribution is -2.52. The van der Waals surface area contributed by atoms with Crippen LogP contribution in [0.4, 0.5) is 0 Å². The number of nitrogens with one attached hydrogen (secondary N) is 2. The summed E-state index contributed by atoms with van der Waals surface area (Å²) in [6.45, 7) is 10.1. The molecule has 124 valence electrons. The van der Waals surface area contributed by atoms with Gasteiger partial charge < -0.3 is 15.4 Å². The number of hydrogen-bond donors (Lipinski definition) is 2. The van der Waals surface area contributed by atoms with Crippen molar-refractivity contribution in [3.05, 3.63) is 0 Å². The molecule has 1 amide bonds. The predicted octanol–water partition coefficient (Wildman–Crippen LogP) is 3.01. The first kappa shape index (κ1) is 18.4. The fourth-order valence-corrected chi connectivity index (χ4v) is 3.08. The van der Waals surface area contributed by atoms with Gasteiger partial charge in [-0.1, -0.05) is 33.6 Å². The minimum Gasteiger partial charge on any atom is -0.375 e. The van der Waals surface area contributed by atoms with E-state index >= 15 is 0 Å². The number of carbonyl (C=O) groups is 1. The minimum absolute atomic E-state index is 0.00718. The van der Waals surface area contributed by atoms with Crippen LogP contribution < -0.4 is 10.6 Å². The summed E-state index contributed by atoms with van der Waals surface area (Å²) in [6.07, 6.45) is 7.52. The molecule has 2 unspecified atom stereocenters. The van der Waals surface area contributed by atoms with Crippen LogP contribution in [0.2, 0.25) is 0 Å². The Kier molecular flexibility index (Phi) is 8.27. The van der Waals surface area contributed by atoms with E-state index in [2.05, 4.69) is 31.4 Å². The van der Waals surface area contributed by atoms with E-state index < -0.39 is 0 Å². The highest BCUT2D eigenvalue weighted by Crippen LogP contribution is 2.31. The molecule has 0 saturated carbocycles. The minimum atomic E-state index is -0.124. The van der Waals surface area contributed by atoms with Gasteiger partial charge in [0.1, 0.15) is 0 Å². The SMILES string of the molecule is CCCCCNC(=O)C(C)NC1CCOC(CC)(CC)C1. The molecule has 21 heavy (non-hydrogen) atoms. The smallest absolute Gasteiger partial charge is 0.236 e. The zero-order chi connectivity index (χ0) is 15.7. The van der Waals surface area contributed by atoms with Crippen LogP contribution in [0.5, 0.6) is 0 Å². The molecule has 2 atom stereocenters. The van der Waals surface area contributed by atoms with E-state index in [0.29, 0.717) is 6.04 Å². The van der Waals surface area contributed by atoms with E-state index in [9.17, 15) is 4.79 Å². The summed E-state index contributed by atoms with van der Waals surface area (Å²) in [5.41, 5.74) is 0.00718. The summed E-state index contributed by atoms with van der Waals surface area (Å²) in [5.74, 6) is 0.121. The maximum atomic E-state index is 12.1. The van der Waals surface area contributed by atoms with Crippen LogP contribution in [0, 0.1) is 0 Å². The van der Waals surface area contributed by atoms with E-state index in [1.54, 1.807) is 0 Å². The lowest BCUT2D eigenvalue weighted by molar-refractivity contribution is -0.124. The molecule has 4 heteroatoms. The molecule has 0 bridgehead atoms. The van der Waals surface area contributed by atoms with E-state index in [-0.39, 0.29) is 17.6 Å². The van der Waals surface area contributed by atoms with E-state index in [4.69, 9.17) is 4.74 Å². The van der Waals surface area contributed by atoms with Crippen molar-refractivity contribution in [3.63, 3.8) is 0 Å². The zero-order valence-electron chi connectivity index (χ0n) is 14.3. The fourth-order valence-electron chi connectivity index (χ4n) is 3.08. The Bertz CT molecular complexity index is 303. The molecule has 0 radical (unpaired) electrons. The summed E-state index contributed by atoms with van der Waals surface area (Å²) in [6, 6.07) is 0.260. The topological polar surface area (TPSA) is 50.4 Å². The Balaban J connectivity index is 2.36.